The second-order valence-corrected chi connectivity index (χ2v) is 5.64. The number of likely N-dealkylation sites (N-methyl/N-ethyl adjacent to an activating group) is 1. The van der Waals surface area contributed by atoms with Crippen LogP contribution < -0.4 is 4.90 Å². The third kappa shape index (κ3) is 3.28. The quantitative estimate of drug-likeness (QED) is 0.907. The summed E-state index contributed by atoms with van der Waals surface area (Å²) in [6.07, 6.45) is 1.58. The van der Waals surface area contributed by atoms with Crippen LogP contribution in [0.4, 0.5) is 5.69 Å². The maximum Gasteiger partial charge on any atom is 0.0807 e. The third-order valence-corrected chi connectivity index (χ3v) is 4.04. The fourth-order valence-electron chi connectivity index (χ4n) is 2.98. The van der Waals surface area contributed by atoms with Gasteiger partial charge in [-0.3, -0.25) is 0 Å². The molecule has 0 amide bonds. The van der Waals surface area contributed by atoms with Crippen molar-refractivity contribution >= 4 is 5.69 Å². The van der Waals surface area contributed by atoms with Crippen LogP contribution in [0.3, 0.4) is 0 Å². The highest BCUT2D eigenvalue weighted by Gasteiger charge is 2.23. The van der Waals surface area contributed by atoms with Gasteiger partial charge in [-0.25, -0.2) is 0 Å². The van der Waals surface area contributed by atoms with Crippen molar-refractivity contribution in [1.29, 1.82) is 0 Å². The number of benzene rings is 1. The first-order valence-electron chi connectivity index (χ1n) is 7.35. The SMILES string of the molecule is CCC(O)c1ccccc1N1CCCN(C)CC1C. The summed E-state index contributed by atoms with van der Waals surface area (Å²) >= 11 is 0. The van der Waals surface area contributed by atoms with Crippen LogP contribution >= 0.6 is 0 Å². The van der Waals surface area contributed by atoms with Crippen molar-refractivity contribution in [2.24, 2.45) is 0 Å². The second kappa shape index (κ2) is 6.40. The standard InChI is InChI=1S/C16H26N2O/c1-4-16(19)14-8-5-6-9-15(14)18-11-7-10-17(3)12-13(18)2/h5-6,8-9,13,16,19H,4,7,10-12H2,1-3H3. The highest BCUT2D eigenvalue weighted by atomic mass is 16.3. The molecule has 3 nitrogen and oxygen atoms in total. The molecular weight excluding hydrogens is 236 g/mol. The van der Waals surface area contributed by atoms with Gasteiger partial charge in [-0.15, -0.1) is 0 Å². The molecule has 0 aromatic heterocycles. The Kier molecular flexibility index (Phi) is 4.83. The molecule has 0 bridgehead atoms. The average Bonchev–Trinajstić information content (AvgIpc) is 2.58. The lowest BCUT2D eigenvalue weighted by Crippen LogP contribution is -2.38. The van der Waals surface area contributed by atoms with E-state index in [-0.39, 0.29) is 6.10 Å². The van der Waals surface area contributed by atoms with Crippen LogP contribution in [0.15, 0.2) is 24.3 Å². The van der Waals surface area contributed by atoms with E-state index in [1.54, 1.807) is 0 Å². The van der Waals surface area contributed by atoms with Crippen molar-refractivity contribution in [2.45, 2.75) is 38.8 Å². The predicted octanol–water partition coefficient (Wildman–Crippen LogP) is 2.66. The maximum atomic E-state index is 10.2. The van der Waals surface area contributed by atoms with Gasteiger partial charge in [0, 0.05) is 30.4 Å². The summed E-state index contributed by atoms with van der Waals surface area (Å²) in [5.74, 6) is 0. The van der Waals surface area contributed by atoms with Crippen LogP contribution in [-0.2, 0) is 0 Å². The lowest BCUT2D eigenvalue weighted by Gasteiger charge is -2.32. The number of aliphatic hydroxyl groups excluding tert-OH is 1. The molecule has 0 spiro atoms. The molecule has 1 aliphatic rings. The Bertz CT molecular complexity index is 407. The van der Waals surface area contributed by atoms with E-state index in [0.29, 0.717) is 6.04 Å². The zero-order valence-corrected chi connectivity index (χ0v) is 12.3. The molecule has 106 valence electrons. The summed E-state index contributed by atoms with van der Waals surface area (Å²) in [6.45, 7) is 7.60. The van der Waals surface area contributed by atoms with E-state index < -0.39 is 0 Å². The van der Waals surface area contributed by atoms with E-state index >= 15 is 0 Å². The first-order valence-corrected chi connectivity index (χ1v) is 7.35. The van der Waals surface area contributed by atoms with Gasteiger partial charge in [-0.2, -0.15) is 0 Å². The molecule has 0 radical (unpaired) electrons. The van der Waals surface area contributed by atoms with Crippen LogP contribution in [0.1, 0.15) is 38.4 Å². The molecule has 1 fully saturated rings. The average molecular weight is 262 g/mol. The minimum atomic E-state index is -0.357. The molecule has 0 saturated carbocycles. The van der Waals surface area contributed by atoms with Crippen molar-refractivity contribution in [2.75, 3.05) is 31.6 Å². The first kappa shape index (κ1) is 14.4. The number of para-hydroxylation sites is 1. The lowest BCUT2D eigenvalue weighted by molar-refractivity contribution is 0.174. The molecule has 2 unspecified atom stereocenters. The second-order valence-electron chi connectivity index (χ2n) is 5.64. The normalized spacial score (nSPS) is 23.2. The monoisotopic (exact) mass is 262 g/mol. The fraction of sp³-hybridized carbons (Fsp3) is 0.625. The van der Waals surface area contributed by atoms with E-state index in [9.17, 15) is 5.11 Å². The Morgan fingerprint density at radius 2 is 2.05 bits per heavy atom. The highest BCUT2D eigenvalue weighted by Crippen LogP contribution is 2.30. The van der Waals surface area contributed by atoms with Gasteiger partial charge in [0.25, 0.3) is 0 Å². The minimum Gasteiger partial charge on any atom is -0.388 e. The fourth-order valence-corrected chi connectivity index (χ4v) is 2.98. The maximum absolute atomic E-state index is 10.2. The van der Waals surface area contributed by atoms with Crippen LogP contribution in [0.5, 0.6) is 0 Å². The zero-order chi connectivity index (χ0) is 13.8. The Hall–Kier alpha value is -1.06. The summed E-state index contributed by atoms with van der Waals surface area (Å²) < 4.78 is 0. The van der Waals surface area contributed by atoms with E-state index in [4.69, 9.17) is 0 Å². The van der Waals surface area contributed by atoms with Crippen LogP contribution in [0.25, 0.3) is 0 Å². The van der Waals surface area contributed by atoms with Crippen LogP contribution in [-0.4, -0.2) is 42.7 Å². The van der Waals surface area contributed by atoms with Gasteiger partial charge < -0.3 is 14.9 Å². The van der Waals surface area contributed by atoms with Crippen molar-refractivity contribution in [3.05, 3.63) is 29.8 Å². The summed E-state index contributed by atoms with van der Waals surface area (Å²) in [5, 5.41) is 10.2. The predicted molar refractivity (Wildman–Crippen MR) is 80.6 cm³/mol. The van der Waals surface area contributed by atoms with Gasteiger partial charge in [0.2, 0.25) is 0 Å². The first-order chi connectivity index (χ1) is 9.13. The van der Waals surface area contributed by atoms with Gasteiger partial charge in [0.05, 0.1) is 6.10 Å². The third-order valence-electron chi connectivity index (χ3n) is 4.04. The smallest absolute Gasteiger partial charge is 0.0807 e. The molecular formula is C16H26N2O. The van der Waals surface area contributed by atoms with Crippen molar-refractivity contribution in [3.63, 3.8) is 0 Å². The molecule has 2 atom stereocenters. The van der Waals surface area contributed by atoms with Crippen LogP contribution in [0.2, 0.25) is 0 Å². The van der Waals surface area contributed by atoms with Gasteiger partial charge in [0.15, 0.2) is 0 Å². The molecule has 19 heavy (non-hydrogen) atoms. The highest BCUT2D eigenvalue weighted by molar-refractivity contribution is 5.55. The molecule has 3 heteroatoms. The van der Waals surface area contributed by atoms with Crippen LogP contribution in [0, 0.1) is 0 Å². The lowest BCUT2D eigenvalue weighted by atomic mass is 10.0. The van der Waals surface area contributed by atoms with Gasteiger partial charge in [-0.1, -0.05) is 25.1 Å². The van der Waals surface area contributed by atoms with E-state index in [1.165, 1.54) is 12.1 Å². The van der Waals surface area contributed by atoms with Crippen molar-refractivity contribution in [1.82, 2.24) is 4.90 Å². The Morgan fingerprint density at radius 1 is 1.32 bits per heavy atom. The topological polar surface area (TPSA) is 26.7 Å². The minimum absolute atomic E-state index is 0.357. The summed E-state index contributed by atoms with van der Waals surface area (Å²) in [7, 11) is 2.19. The number of nitrogens with zero attached hydrogens (tertiary/aromatic N) is 2. The number of aliphatic hydroxyl groups is 1. The molecule has 1 aromatic rings. The van der Waals surface area contributed by atoms with E-state index in [2.05, 4.69) is 42.0 Å². The number of rotatable bonds is 3. The Labute approximate surface area is 116 Å². The van der Waals surface area contributed by atoms with E-state index in [0.717, 1.165) is 31.6 Å². The number of hydrogen-bond acceptors (Lipinski definition) is 3. The Balaban J connectivity index is 2.29. The molecule has 1 aliphatic heterocycles. The molecule has 1 N–H and O–H groups in total. The molecule has 1 heterocycles. The molecule has 0 aliphatic carbocycles. The summed E-state index contributed by atoms with van der Waals surface area (Å²) in [4.78, 5) is 4.85. The molecule has 1 aromatic carbocycles. The van der Waals surface area contributed by atoms with Gasteiger partial charge >= 0.3 is 0 Å². The zero-order valence-electron chi connectivity index (χ0n) is 12.3. The summed E-state index contributed by atoms with van der Waals surface area (Å²) in [5.41, 5.74) is 2.28. The largest absolute Gasteiger partial charge is 0.388 e. The van der Waals surface area contributed by atoms with Crippen molar-refractivity contribution in [3.8, 4) is 0 Å². The molecule has 1 saturated heterocycles. The van der Waals surface area contributed by atoms with Gasteiger partial charge in [-0.05, 0) is 39.4 Å². The van der Waals surface area contributed by atoms with Crippen molar-refractivity contribution < 1.29 is 5.11 Å². The van der Waals surface area contributed by atoms with Gasteiger partial charge in [0.1, 0.15) is 0 Å². The summed E-state index contributed by atoms with van der Waals surface area (Å²) in [6, 6.07) is 8.79. The number of hydrogen-bond donors (Lipinski definition) is 1. The molecule has 2 rings (SSSR count). The van der Waals surface area contributed by atoms with E-state index in [1.807, 2.05) is 13.0 Å². The Morgan fingerprint density at radius 3 is 2.79 bits per heavy atom. The number of anilines is 1.